The lowest BCUT2D eigenvalue weighted by atomic mass is 10.1. The first kappa shape index (κ1) is 18.8. The zero-order valence-electron chi connectivity index (χ0n) is 14.5. The van der Waals surface area contributed by atoms with Gasteiger partial charge in [-0.15, -0.1) is 0 Å². The van der Waals surface area contributed by atoms with Gasteiger partial charge in [0.1, 0.15) is 0 Å². The molecule has 0 unspecified atom stereocenters. The Morgan fingerprint density at radius 2 is 1.56 bits per heavy atom. The largest absolute Gasteiger partial charge is 0.322 e. The number of amides is 1. The summed E-state index contributed by atoms with van der Waals surface area (Å²) in [6.07, 6.45) is 0. The molecule has 2 N–H and O–H groups in total. The van der Waals surface area contributed by atoms with Crippen LogP contribution in [0.5, 0.6) is 0 Å². The first-order valence-electron chi connectivity index (χ1n) is 7.63. The number of hydrogen-bond donors (Lipinski definition) is 2. The number of nitrogens with one attached hydrogen (secondary N) is 2. The van der Waals surface area contributed by atoms with Crippen molar-refractivity contribution in [1.29, 1.82) is 0 Å². The van der Waals surface area contributed by atoms with Crippen LogP contribution in [0.1, 0.15) is 38.8 Å². The second-order valence-electron chi connectivity index (χ2n) is 5.71. The van der Waals surface area contributed by atoms with Gasteiger partial charge in [0, 0.05) is 16.8 Å². The van der Waals surface area contributed by atoms with E-state index < -0.39 is 15.9 Å². The maximum Gasteiger partial charge on any atom is 0.255 e. The summed E-state index contributed by atoms with van der Waals surface area (Å²) in [5.74, 6) is -0.486. The third-order valence-corrected chi connectivity index (χ3v) is 5.53. The molecule has 2 aromatic rings. The topological polar surface area (TPSA) is 92.3 Å². The number of aryl methyl sites for hydroxylation is 1. The van der Waals surface area contributed by atoms with Crippen molar-refractivity contribution in [3.05, 3.63) is 58.7 Å². The van der Waals surface area contributed by atoms with Gasteiger partial charge < -0.3 is 5.32 Å². The molecule has 0 atom stereocenters. The molecule has 0 saturated heterocycles. The fraction of sp³-hybridized carbons (Fsp3) is 0.222. The highest BCUT2D eigenvalue weighted by Crippen LogP contribution is 2.22. The maximum atomic E-state index is 12.5. The minimum Gasteiger partial charge on any atom is -0.322 e. The van der Waals surface area contributed by atoms with Crippen molar-refractivity contribution in [3.8, 4) is 0 Å². The number of benzene rings is 2. The number of anilines is 1. The van der Waals surface area contributed by atoms with E-state index in [9.17, 15) is 18.0 Å². The molecule has 0 aliphatic heterocycles. The number of carbonyl (C=O) groups excluding carboxylic acids is 2. The van der Waals surface area contributed by atoms with Crippen LogP contribution in [0, 0.1) is 13.8 Å². The van der Waals surface area contributed by atoms with Crippen molar-refractivity contribution in [2.24, 2.45) is 0 Å². The third kappa shape index (κ3) is 4.12. The fourth-order valence-electron chi connectivity index (χ4n) is 2.34. The monoisotopic (exact) mass is 360 g/mol. The number of rotatable bonds is 5. The molecule has 25 heavy (non-hydrogen) atoms. The molecule has 7 heteroatoms. The molecule has 2 aromatic carbocycles. The van der Waals surface area contributed by atoms with Crippen molar-refractivity contribution < 1.29 is 18.0 Å². The summed E-state index contributed by atoms with van der Waals surface area (Å²) in [4.78, 5) is 23.8. The van der Waals surface area contributed by atoms with Crippen LogP contribution in [0.4, 0.5) is 5.69 Å². The van der Waals surface area contributed by atoms with E-state index in [1.54, 1.807) is 44.2 Å². The molecule has 132 valence electrons. The van der Waals surface area contributed by atoms with Gasteiger partial charge in [-0.3, -0.25) is 9.59 Å². The molecule has 0 spiro atoms. The molecule has 6 nitrogen and oxygen atoms in total. The van der Waals surface area contributed by atoms with Crippen LogP contribution in [-0.2, 0) is 10.0 Å². The fourth-order valence-corrected chi connectivity index (χ4v) is 3.40. The normalized spacial score (nSPS) is 11.2. The smallest absolute Gasteiger partial charge is 0.255 e. The average Bonchev–Trinajstić information content (AvgIpc) is 2.57. The molecule has 0 radical (unpaired) electrons. The Morgan fingerprint density at radius 1 is 0.960 bits per heavy atom. The Kier molecular flexibility index (Phi) is 5.39. The van der Waals surface area contributed by atoms with Crippen LogP contribution < -0.4 is 10.0 Å². The molecule has 0 aliphatic rings. The number of Topliss-reactive ketones (excluding diaryl/α,β-unsaturated/α-hetero) is 1. The van der Waals surface area contributed by atoms with E-state index in [1.165, 1.54) is 20.0 Å². The maximum absolute atomic E-state index is 12.5. The minimum absolute atomic E-state index is 0.0612. The summed E-state index contributed by atoms with van der Waals surface area (Å²) in [6.45, 7) is 4.91. The lowest BCUT2D eigenvalue weighted by Crippen LogP contribution is -2.21. The van der Waals surface area contributed by atoms with Gasteiger partial charge in [0.25, 0.3) is 5.91 Å². The second kappa shape index (κ2) is 7.16. The third-order valence-electron chi connectivity index (χ3n) is 3.99. The van der Waals surface area contributed by atoms with E-state index in [0.29, 0.717) is 22.4 Å². The summed E-state index contributed by atoms with van der Waals surface area (Å²) >= 11 is 0. The highest BCUT2D eigenvalue weighted by atomic mass is 32.2. The summed E-state index contributed by atoms with van der Waals surface area (Å²) in [6, 6.07) is 9.49. The first-order valence-corrected chi connectivity index (χ1v) is 9.11. The van der Waals surface area contributed by atoms with Crippen LogP contribution >= 0.6 is 0 Å². The molecule has 0 heterocycles. The minimum atomic E-state index is -3.66. The van der Waals surface area contributed by atoms with Crippen molar-refractivity contribution in [2.45, 2.75) is 25.7 Å². The molecule has 2 rings (SSSR count). The lowest BCUT2D eigenvalue weighted by Gasteiger charge is -2.12. The molecule has 0 aromatic heterocycles. The van der Waals surface area contributed by atoms with Crippen molar-refractivity contribution >= 4 is 27.4 Å². The summed E-state index contributed by atoms with van der Waals surface area (Å²) in [7, 11) is -2.34. The number of hydrogen-bond acceptors (Lipinski definition) is 4. The molecule has 0 bridgehead atoms. The Labute approximate surface area is 147 Å². The van der Waals surface area contributed by atoms with E-state index >= 15 is 0 Å². The zero-order chi connectivity index (χ0) is 18.8. The molecule has 1 amide bonds. The lowest BCUT2D eigenvalue weighted by molar-refractivity contribution is 0.101. The Hall–Kier alpha value is -2.51. The van der Waals surface area contributed by atoms with E-state index in [0.717, 1.165) is 0 Å². The van der Waals surface area contributed by atoms with E-state index in [2.05, 4.69) is 10.0 Å². The number of sulfonamides is 1. The number of ketones is 1. The second-order valence-corrected chi connectivity index (χ2v) is 7.57. The predicted molar refractivity (Wildman–Crippen MR) is 96.6 cm³/mol. The molecule has 0 fully saturated rings. The highest BCUT2D eigenvalue weighted by molar-refractivity contribution is 7.89. The summed E-state index contributed by atoms with van der Waals surface area (Å²) in [5, 5.41) is 2.70. The van der Waals surface area contributed by atoms with E-state index in [4.69, 9.17) is 0 Å². The van der Waals surface area contributed by atoms with Gasteiger partial charge in [-0.1, -0.05) is 0 Å². The summed E-state index contributed by atoms with van der Waals surface area (Å²) in [5.41, 5.74) is 2.61. The quantitative estimate of drug-likeness (QED) is 0.802. The highest BCUT2D eigenvalue weighted by Gasteiger charge is 2.19. The van der Waals surface area contributed by atoms with Crippen LogP contribution in [0.15, 0.2) is 41.3 Å². The van der Waals surface area contributed by atoms with Crippen LogP contribution in [-0.4, -0.2) is 27.2 Å². The number of carbonyl (C=O) groups is 2. The van der Waals surface area contributed by atoms with Gasteiger partial charge in [-0.2, -0.15) is 0 Å². The van der Waals surface area contributed by atoms with Gasteiger partial charge in [0.05, 0.1) is 4.90 Å². The summed E-state index contributed by atoms with van der Waals surface area (Å²) < 4.78 is 26.5. The van der Waals surface area contributed by atoms with E-state index in [-0.39, 0.29) is 16.2 Å². The van der Waals surface area contributed by atoms with Gasteiger partial charge >= 0.3 is 0 Å². The Bertz CT molecular complexity index is 932. The van der Waals surface area contributed by atoms with Crippen LogP contribution in [0.25, 0.3) is 0 Å². The Morgan fingerprint density at radius 3 is 2.08 bits per heavy atom. The van der Waals surface area contributed by atoms with E-state index in [1.807, 2.05) is 0 Å². The van der Waals surface area contributed by atoms with Gasteiger partial charge in [-0.05, 0) is 75.3 Å². The standard InChI is InChI=1S/C18H20N2O4S/c1-11-9-15(10-17(12(11)2)25(23,24)19-4)18(22)20-16-7-5-14(6-8-16)13(3)21/h5-10,19H,1-4H3,(H,20,22). The average molecular weight is 360 g/mol. The first-order chi connectivity index (χ1) is 11.7. The van der Waals surface area contributed by atoms with Gasteiger partial charge in [0.2, 0.25) is 10.0 Å². The molecular formula is C18H20N2O4S. The zero-order valence-corrected chi connectivity index (χ0v) is 15.3. The van der Waals surface area contributed by atoms with Crippen molar-refractivity contribution in [2.75, 3.05) is 12.4 Å². The molecule has 0 saturated carbocycles. The van der Waals surface area contributed by atoms with Gasteiger partial charge in [0.15, 0.2) is 5.78 Å². The predicted octanol–water partition coefficient (Wildman–Crippen LogP) is 2.67. The van der Waals surface area contributed by atoms with Crippen LogP contribution in [0.3, 0.4) is 0 Å². The molecule has 0 aliphatic carbocycles. The van der Waals surface area contributed by atoms with Crippen molar-refractivity contribution in [1.82, 2.24) is 4.72 Å². The SMILES string of the molecule is CNS(=O)(=O)c1cc(C(=O)Nc2ccc(C(C)=O)cc2)cc(C)c1C. The molecular weight excluding hydrogens is 340 g/mol. The van der Waals surface area contributed by atoms with Crippen molar-refractivity contribution in [3.63, 3.8) is 0 Å². The van der Waals surface area contributed by atoms with Gasteiger partial charge in [-0.25, -0.2) is 13.1 Å². The van der Waals surface area contributed by atoms with Crippen LogP contribution in [0.2, 0.25) is 0 Å². The Balaban J connectivity index is 2.35.